The standard InChI is InChI=1S/C13H15BClF3O3/c1-11(2)12(3,4)21-14(20-11)8-5-9(15)7-10(6-8)19-13(16,17)18/h5-7H,1-4H3. The number of hydrogen-bond acceptors (Lipinski definition) is 3. The fourth-order valence-corrected chi connectivity index (χ4v) is 2.13. The number of hydrogen-bond donors (Lipinski definition) is 0. The Hall–Kier alpha value is -0.915. The van der Waals surface area contributed by atoms with Crippen molar-refractivity contribution in [2.75, 3.05) is 0 Å². The molecule has 21 heavy (non-hydrogen) atoms. The molecule has 1 aromatic rings. The van der Waals surface area contributed by atoms with Gasteiger partial charge in [-0.25, -0.2) is 0 Å². The summed E-state index contributed by atoms with van der Waals surface area (Å²) in [4.78, 5) is 0. The first-order chi connectivity index (χ1) is 9.40. The van der Waals surface area contributed by atoms with Crippen molar-refractivity contribution in [3.63, 3.8) is 0 Å². The Morgan fingerprint density at radius 1 is 1.05 bits per heavy atom. The highest BCUT2D eigenvalue weighted by atomic mass is 35.5. The number of ether oxygens (including phenoxy) is 1. The van der Waals surface area contributed by atoms with Crippen LogP contribution in [-0.4, -0.2) is 24.7 Å². The van der Waals surface area contributed by atoms with Crippen molar-refractivity contribution in [3.05, 3.63) is 23.2 Å². The van der Waals surface area contributed by atoms with Crippen LogP contribution in [0.25, 0.3) is 0 Å². The number of rotatable bonds is 2. The molecule has 0 N–H and O–H groups in total. The number of alkyl halides is 3. The monoisotopic (exact) mass is 322 g/mol. The van der Waals surface area contributed by atoms with Gasteiger partial charge in [-0.05, 0) is 51.4 Å². The minimum absolute atomic E-state index is 0.112. The van der Waals surface area contributed by atoms with Gasteiger partial charge < -0.3 is 14.0 Å². The molecule has 8 heteroatoms. The zero-order valence-corrected chi connectivity index (χ0v) is 12.8. The smallest absolute Gasteiger partial charge is 0.406 e. The minimum Gasteiger partial charge on any atom is -0.406 e. The lowest BCUT2D eigenvalue weighted by molar-refractivity contribution is -0.274. The third-order valence-corrected chi connectivity index (χ3v) is 3.87. The van der Waals surface area contributed by atoms with Gasteiger partial charge in [0, 0.05) is 5.02 Å². The molecule has 116 valence electrons. The molecule has 0 bridgehead atoms. The van der Waals surface area contributed by atoms with Crippen molar-refractivity contribution in [3.8, 4) is 5.75 Å². The van der Waals surface area contributed by atoms with E-state index in [4.69, 9.17) is 20.9 Å². The summed E-state index contributed by atoms with van der Waals surface area (Å²) in [6.07, 6.45) is -4.78. The first-order valence-corrected chi connectivity index (χ1v) is 6.69. The number of benzene rings is 1. The van der Waals surface area contributed by atoms with Crippen molar-refractivity contribution in [2.45, 2.75) is 45.3 Å². The fourth-order valence-electron chi connectivity index (χ4n) is 1.89. The van der Waals surface area contributed by atoms with Crippen LogP contribution in [0.15, 0.2) is 18.2 Å². The maximum absolute atomic E-state index is 12.3. The van der Waals surface area contributed by atoms with Gasteiger partial charge in [-0.1, -0.05) is 11.6 Å². The van der Waals surface area contributed by atoms with Crippen LogP contribution in [0.4, 0.5) is 13.2 Å². The van der Waals surface area contributed by atoms with Crippen molar-refractivity contribution in [1.29, 1.82) is 0 Å². The molecule has 1 aliphatic heterocycles. The zero-order valence-electron chi connectivity index (χ0n) is 12.0. The second-order valence-corrected chi connectivity index (χ2v) is 6.29. The van der Waals surface area contributed by atoms with Crippen LogP contribution >= 0.6 is 11.6 Å². The average molecular weight is 323 g/mol. The molecule has 3 nitrogen and oxygen atoms in total. The Bertz CT molecular complexity index is 530. The molecule has 0 aromatic heterocycles. The van der Waals surface area contributed by atoms with E-state index >= 15 is 0 Å². The van der Waals surface area contributed by atoms with Gasteiger partial charge in [0.15, 0.2) is 0 Å². The SMILES string of the molecule is CC1(C)OB(c2cc(Cl)cc(OC(F)(F)F)c2)OC1(C)C. The molecular weight excluding hydrogens is 307 g/mol. The summed E-state index contributed by atoms with van der Waals surface area (Å²) in [7, 11) is -0.802. The Morgan fingerprint density at radius 2 is 1.57 bits per heavy atom. The molecule has 0 spiro atoms. The summed E-state index contributed by atoms with van der Waals surface area (Å²) in [6, 6.07) is 3.79. The minimum atomic E-state index is -4.78. The largest absolute Gasteiger partial charge is 0.573 e. The Balaban J connectivity index is 2.30. The molecule has 1 saturated heterocycles. The van der Waals surface area contributed by atoms with Gasteiger partial charge in [-0.15, -0.1) is 13.2 Å². The predicted octanol–water partition coefficient (Wildman–Crippen LogP) is 3.54. The third-order valence-electron chi connectivity index (χ3n) is 3.65. The van der Waals surface area contributed by atoms with E-state index in [0.717, 1.165) is 6.07 Å². The first-order valence-electron chi connectivity index (χ1n) is 6.31. The summed E-state index contributed by atoms with van der Waals surface area (Å²) < 4.78 is 52.3. The van der Waals surface area contributed by atoms with E-state index in [0.29, 0.717) is 5.46 Å². The predicted molar refractivity (Wildman–Crippen MR) is 73.9 cm³/mol. The highest BCUT2D eigenvalue weighted by molar-refractivity contribution is 6.62. The van der Waals surface area contributed by atoms with Crippen LogP contribution in [0.2, 0.25) is 5.02 Å². The zero-order chi connectivity index (χ0) is 16.1. The molecule has 0 aliphatic carbocycles. The summed E-state index contributed by atoms with van der Waals surface area (Å²) in [5.41, 5.74) is -0.809. The molecule has 0 atom stereocenters. The van der Waals surface area contributed by atoms with Gasteiger partial charge in [-0.2, -0.15) is 0 Å². The molecule has 0 radical (unpaired) electrons. The fraction of sp³-hybridized carbons (Fsp3) is 0.538. The summed E-state index contributed by atoms with van der Waals surface area (Å²) in [6.45, 7) is 7.41. The van der Waals surface area contributed by atoms with Gasteiger partial charge in [-0.3, -0.25) is 0 Å². The summed E-state index contributed by atoms with van der Waals surface area (Å²) in [5.74, 6) is -0.403. The van der Waals surface area contributed by atoms with E-state index in [-0.39, 0.29) is 5.02 Å². The molecule has 1 heterocycles. The van der Waals surface area contributed by atoms with Gasteiger partial charge in [0.05, 0.1) is 11.2 Å². The summed E-state index contributed by atoms with van der Waals surface area (Å²) >= 11 is 5.84. The second-order valence-electron chi connectivity index (χ2n) is 5.86. The molecule has 1 aliphatic rings. The van der Waals surface area contributed by atoms with E-state index < -0.39 is 30.4 Å². The van der Waals surface area contributed by atoms with Crippen molar-refractivity contribution >= 4 is 24.2 Å². The Kier molecular flexibility index (Phi) is 3.97. The topological polar surface area (TPSA) is 27.7 Å². The van der Waals surface area contributed by atoms with E-state index in [1.807, 2.05) is 27.7 Å². The lowest BCUT2D eigenvalue weighted by Crippen LogP contribution is -2.41. The quantitative estimate of drug-likeness (QED) is 0.780. The molecule has 1 fully saturated rings. The number of halogens is 4. The molecule has 0 amide bonds. The van der Waals surface area contributed by atoms with Crippen LogP contribution in [0.5, 0.6) is 5.75 Å². The van der Waals surface area contributed by atoms with E-state index in [1.165, 1.54) is 12.1 Å². The van der Waals surface area contributed by atoms with Crippen molar-refractivity contribution in [1.82, 2.24) is 0 Å². The highest BCUT2D eigenvalue weighted by Gasteiger charge is 2.51. The molecular formula is C13H15BClF3O3. The van der Waals surface area contributed by atoms with Crippen LogP contribution < -0.4 is 10.2 Å². The average Bonchev–Trinajstić information content (AvgIpc) is 2.44. The van der Waals surface area contributed by atoms with Gasteiger partial charge in [0.2, 0.25) is 0 Å². The first kappa shape index (κ1) is 16.5. The van der Waals surface area contributed by atoms with Crippen LogP contribution in [0, 0.1) is 0 Å². The molecule has 0 saturated carbocycles. The normalized spacial score (nSPS) is 20.7. The van der Waals surface area contributed by atoms with Gasteiger partial charge in [0.1, 0.15) is 5.75 Å². The summed E-state index contributed by atoms with van der Waals surface area (Å²) in [5, 5.41) is 0.112. The van der Waals surface area contributed by atoms with Crippen molar-refractivity contribution < 1.29 is 27.2 Å². The third kappa shape index (κ3) is 3.65. The van der Waals surface area contributed by atoms with Gasteiger partial charge in [0.25, 0.3) is 0 Å². The second kappa shape index (κ2) is 5.07. The molecule has 0 unspecified atom stereocenters. The van der Waals surface area contributed by atoms with Crippen molar-refractivity contribution in [2.24, 2.45) is 0 Å². The van der Waals surface area contributed by atoms with Crippen LogP contribution in [0.3, 0.4) is 0 Å². The van der Waals surface area contributed by atoms with Gasteiger partial charge >= 0.3 is 13.5 Å². The van der Waals surface area contributed by atoms with Crippen LogP contribution in [0.1, 0.15) is 27.7 Å². The maximum atomic E-state index is 12.3. The Morgan fingerprint density at radius 3 is 2.05 bits per heavy atom. The lowest BCUT2D eigenvalue weighted by Gasteiger charge is -2.32. The van der Waals surface area contributed by atoms with Crippen LogP contribution in [-0.2, 0) is 9.31 Å². The maximum Gasteiger partial charge on any atom is 0.573 e. The molecule has 2 rings (SSSR count). The van der Waals surface area contributed by atoms with E-state index in [2.05, 4.69) is 4.74 Å². The molecule has 1 aromatic carbocycles. The van der Waals surface area contributed by atoms with E-state index in [9.17, 15) is 13.2 Å². The Labute approximate surface area is 126 Å². The lowest BCUT2D eigenvalue weighted by atomic mass is 9.79. The van der Waals surface area contributed by atoms with E-state index in [1.54, 1.807) is 0 Å². The highest BCUT2D eigenvalue weighted by Crippen LogP contribution is 2.37.